The zero-order valence-electron chi connectivity index (χ0n) is 11.7. The average Bonchev–Trinajstić information content (AvgIpc) is 2.45. The average molecular weight is 301 g/mol. The van der Waals surface area contributed by atoms with Crippen molar-refractivity contribution in [2.75, 3.05) is 7.05 Å². The van der Waals surface area contributed by atoms with Gasteiger partial charge in [-0.05, 0) is 37.1 Å². The Labute approximate surface area is 121 Å². The third-order valence-electron chi connectivity index (χ3n) is 3.97. The Hall–Kier alpha value is -1.56. The molecule has 1 amide bonds. The van der Waals surface area contributed by atoms with Crippen LogP contribution in [0, 0.1) is 0 Å². The highest BCUT2D eigenvalue weighted by atomic mass is 19.4. The van der Waals surface area contributed by atoms with Crippen LogP contribution in [0.25, 0.3) is 0 Å². The van der Waals surface area contributed by atoms with Gasteiger partial charge in [-0.1, -0.05) is 12.8 Å². The summed E-state index contributed by atoms with van der Waals surface area (Å²) in [5.41, 5.74) is -0.581. The monoisotopic (exact) mass is 301 g/mol. The van der Waals surface area contributed by atoms with E-state index >= 15 is 0 Å². The van der Waals surface area contributed by atoms with E-state index in [2.05, 4.69) is 0 Å². The molecule has 2 atom stereocenters. The van der Waals surface area contributed by atoms with Crippen LogP contribution in [0.3, 0.4) is 0 Å². The summed E-state index contributed by atoms with van der Waals surface area (Å²) in [6.07, 6.45) is -1.75. The number of rotatable bonds is 2. The second-order valence-electron chi connectivity index (χ2n) is 5.41. The number of benzene rings is 1. The summed E-state index contributed by atoms with van der Waals surface area (Å²) in [6, 6.07) is 3.89. The number of carbonyl (C=O) groups is 1. The van der Waals surface area contributed by atoms with Crippen molar-refractivity contribution in [3.05, 3.63) is 35.4 Å². The highest BCUT2D eigenvalue weighted by molar-refractivity contribution is 5.94. The van der Waals surface area contributed by atoms with E-state index in [0.29, 0.717) is 12.8 Å². The molecule has 0 saturated heterocycles. The fraction of sp³-hybridized carbons (Fsp3) is 0.533. The lowest BCUT2D eigenvalue weighted by atomic mass is 9.91. The number of carbonyl (C=O) groups excluding carboxylic acids is 1. The van der Waals surface area contributed by atoms with Gasteiger partial charge in [0.15, 0.2) is 0 Å². The standard InChI is InChI=1S/C15H18F3NO2/c1-19(12-4-2-3-5-13(12)20)14(21)10-6-8-11(9-7-10)15(16,17)18/h6-9,12-13,20H,2-5H2,1H3. The Bertz CT molecular complexity index is 499. The first-order valence-electron chi connectivity index (χ1n) is 6.93. The van der Waals surface area contributed by atoms with Crippen LogP contribution in [-0.4, -0.2) is 35.1 Å². The molecule has 1 aromatic carbocycles. The predicted molar refractivity (Wildman–Crippen MR) is 71.8 cm³/mol. The highest BCUT2D eigenvalue weighted by Gasteiger charge is 2.32. The summed E-state index contributed by atoms with van der Waals surface area (Å²) in [7, 11) is 1.58. The molecule has 0 spiro atoms. The molecule has 0 aromatic heterocycles. The third-order valence-corrected chi connectivity index (χ3v) is 3.97. The first-order valence-corrected chi connectivity index (χ1v) is 6.93. The van der Waals surface area contributed by atoms with Gasteiger partial charge in [0, 0.05) is 12.6 Å². The third kappa shape index (κ3) is 3.56. The molecule has 3 nitrogen and oxygen atoms in total. The first-order chi connectivity index (χ1) is 9.80. The minimum atomic E-state index is -4.41. The lowest BCUT2D eigenvalue weighted by Crippen LogP contribution is -2.46. The van der Waals surface area contributed by atoms with E-state index in [1.54, 1.807) is 7.05 Å². The van der Waals surface area contributed by atoms with Crippen LogP contribution >= 0.6 is 0 Å². The maximum Gasteiger partial charge on any atom is 0.416 e. The van der Waals surface area contributed by atoms with Crippen LogP contribution in [0.5, 0.6) is 0 Å². The van der Waals surface area contributed by atoms with Crippen molar-refractivity contribution in [2.24, 2.45) is 0 Å². The number of halogens is 3. The van der Waals surface area contributed by atoms with Gasteiger partial charge in [-0.2, -0.15) is 13.2 Å². The summed E-state index contributed by atoms with van der Waals surface area (Å²) in [5, 5.41) is 9.94. The molecule has 1 saturated carbocycles. The van der Waals surface area contributed by atoms with Gasteiger partial charge in [0.05, 0.1) is 17.7 Å². The van der Waals surface area contributed by atoms with Gasteiger partial charge in [-0.3, -0.25) is 4.79 Å². The van der Waals surface area contributed by atoms with Crippen molar-refractivity contribution in [3.8, 4) is 0 Å². The smallest absolute Gasteiger partial charge is 0.391 e. The summed E-state index contributed by atoms with van der Waals surface area (Å²) in [6.45, 7) is 0. The molecule has 21 heavy (non-hydrogen) atoms. The molecular formula is C15H18F3NO2. The van der Waals surface area contributed by atoms with E-state index in [-0.39, 0.29) is 17.5 Å². The normalized spacial score (nSPS) is 22.9. The Morgan fingerprint density at radius 2 is 1.76 bits per heavy atom. The molecule has 1 aromatic rings. The van der Waals surface area contributed by atoms with Gasteiger partial charge < -0.3 is 10.0 Å². The van der Waals surface area contributed by atoms with Crippen LogP contribution < -0.4 is 0 Å². The van der Waals surface area contributed by atoms with E-state index in [1.165, 1.54) is 17.0 Å². The van der Waals surface area contributed by atoms with Gasteiger partial charge in [0.1, 0.15) is 0 Å². The van der Waals surface area contributed by atoms with Crippen molar-refractivity contribution in [1.82, 2.24) is 4.90 Å². The Balaban J connectivity index is 2.12. The van der Waals surface area contributed by atoms with Gasteiger partial charge >= 0.3 is 6.18 Å². The van der Waals surface area contributed by atoms with Gasteiger partial charge in [-0.25, -0.2) is 0 Å². The summed E-state index contributed by atoms with van der Waals surface area (Å²) >= 11 is 0. The van der Waals surface area contributed by atoms with Gasteiger partial charge in [-0.15, -0.1) is 0 Å². The van der Waals surface area contributed by atoms with Crippen LogP contribution in [0.4, 0.5) is 13.2 Å². The molecule has 1 fully saturated rings. The number of aliphatic hydroxyl groups excluding tert-OH is 1. The Kier molecular flexibility index (Phi) is 4.56. The topological polar surface area (TPSA) is 40.5 Å². The largest absolute Gasteiger partial charge is 0.416 e. The molecule has 1 aliphatic rings. The molecule has 0 bridgehead atoms. The number of nitrogens with zero attached hydrogens (tertiary/aromatic N) is 1. The van der Waals surface area contributed by atoms with Crippen molar-refractivity contribution >= 4 is 5.91 Å². The van der Waals surface area contributed by atoms with Gasteiger partial charge in [0.25, 0.3) is 5.91 Å². The maximum absolute atomic E-state index is 12.5. The van der Waals surface area contributed by atoms with E-state index in [1.807, 2.05) is 0 Å². The molecule has 2 unspecified atom stereocenters. The molecule has 1 N–H and O–H groups in total. The van der Waals surface area contributed by atoms with E-state index in [4.69, 9.17) is 0 Å². The lowest BCUT2D eigenvalue weighted by Gasteiger charge is -2.35. The second-order valence-corrected chi connectivity index (χ2v) is 5.41. The van der Waals surface area contributed by atoms with Crippen molar-refractivity contribution in [3.63, 3.8) is 0 Å². The van der Waals surface area contributed by atoms with E-state index in [9.17, 15) is 23.1 Å². The number of hydrogen-bond acceptors (Lipinski definition) is 2. The van der Waals surface area contributed by atoms with Crippen molar-refractivity contribution < 1.29 is 23.1 Å². The minimum absolute atomic E-state index is 0.197. The molecule has 0 radical (unpaired) electrons. The molecule has 116 valence electrons. The summed E-state index contributed by atoms with van der Waals surface area (Å²) in [5.74, 6) is -0.366. The SMILES string of the molecule is CN(C(=O)c1ccc(C(F)(F)F)cc1)C1CCCCC1O. The zero-order valence-corrected chi connectivity index (χ0v) is 11.7. The second kappa shape index (κ2) is 6.05. The fourth-order valence-electron chi connectivity index (χ4n) is 2.70. The molecule has 6 heteroatoms. The molecule has 1 aliphatic carbocycles. The first kappa shape index (κ1) is 15.8. The number of hydrogen-bond donors (Lipinski definition) is 1. The molecule has 0 heterocycles. The lowest BCUT2D eigenvalue weighted by molar-refractivity contribution is -0.137. The van der Waals surface area contributed by atoms with Crippen LogP contribution in [0.15, 0.2) is 24.3 Å². The summed E-state index contributed by atoms with van der Waals surface area (Å²) < 4.78 is 37.5. The number of amides is 1. The number of likely N-dealkylation sites (N-methyl/N-ethyl adjacent to an activating group) is 1. The van der Waals surface area contributed by atoms with Crippen molar-refractivity contribution in [2.45, 2.75) is 44.0 Å². The van der Waals surface area contributed by atoms with Crippen molar-refractivity contribution in [1.29, 1.82) is 0 Å². The van der Waals surface area contributed by atoms with Crippen LogP contribution in [-0.2, 0) is 6.18 Å². The maximum atomic E-state index is 12.5. The molecule has 2 rings (SSSR count). The number of alkyl halides is 3. The predicted octanol–water partition coefficient (Wildman–Crippen LogP) is 3.08. The fourth-order valence-corrected chi connectivity index (χ4v) is 2.70. The number of aliphatic hydroxyl groups is 1. The zero-order chi connectivity index (χ0) is 15.6. The van der Waals surface area contributed by atoms with Crippen LogP contribution in [0.1, 0.15) is 41.6 Å². The highest BCUT2D eigenvalue weighted by Crippen LogP contribution is 2.29. The quantitative estimate of drug-likeness (QED) is 0.912. The van der Waals surface area contributed by atoms with Gasteiger partial charge in [0.2, 0.25) is 0 Å². The molecular weight excluding hydrogens is 283 g/mol. The Morgan fingerprint density at radius 3 is 2.29 bits per heavy atom. The Morgan fingerprint density at radius 1 is 1.19 bits per heavy atom. The molecule has 0 aliphatic heterocycles. The minimum Gasteiger partial charge on any atom is -0.391 e. The van der Waals surface area contributed by atoms with E-state index < -0.39 is 17.8 Å². The van der Waals surface area contributed by atoms with Crippen LogP contribution in [0.2, 0.25) is 0 Å². The van der Waals surface area contributed by atoms with E-state index in [0.717, 1.165) is 25.0 Å². The summed E-state index contributed by atoms with van der Waals surface area (Å²) in [4.78, 5) is 13.7.